The lowest BCUT2D eigenvalue weighted by Gasteiger charge is -2.42. The van der Waals surface area contributed by atoms with E-state index in [-0.39, 0.29) is 73.2 Å². The Labute approximate surface area is 320 Å². The number of aliphatic hydroxyl groups excluding tert-OH is 2. The number of nitrogens with one attached hydrogen (secondary N) is 1. The minimum atomic E-state index is -1.67. The van der Waals surface area contributed by atoms with Crippen molar-refractivity contribution in [2.24, 2.45) is 11.8 Å². The Morgan fingerprint density at radius 3 is 2.49 bits per heavy atom. The molecule has 11 heteroatoms. The van der Waals surface area contributed by atoms with Crippen molar-refractivity contribution in [1.29, 1.82) is 0 Å². The molecule has 8 bridgehead atoms. The zero-order valence-electron chi connectivity index (χ0n) is 31.0. The Kier molecular flexibility index (Phi) is 10.9. The van der Waals surface area contributed by atoms with Crippen LogP contribution in [0.1, 0.15) is 90.3 Å². The standard InChI is InChI=1S/C44H47NO10/c1-44(53)33-8-9-37(48)29(15-33)11-24-4-3-5-25(10-24)12-34(46)18-32-13-26(28-14-30(17-35(47)16-28)39(50)23-45-2)6-7-27-21-42(51)54-40-22-38(49)31(19-36(27)40)20-41(44)55-43(32)52/h3-5,10,14,16-19,22,26-27,29,33-34,39,41,45-47,49-50,53H,8-9,11-13,15,20-21,23H2,1-2H3. The number of ether oxygens (including phenoxy) is 2. The number of likely N-dealkylation sites (N-methyl/N-ethyl adjacent to an activating group) is 1. The van der Waals surface area contributed by atoms with Crippen LogP contribution in [0.2, 0.25) is 0 Å². The third kappa shape index (κ3) is 8.33. The van der Waals surface area contributed by atoms with Crippen LogP contribution >= 0.6 is 0 Å². The molecule has 11 nitrogen and oxygen atoms in total. The number of Topliss-reactive ketones (excluding diaryl/α,β-unsaturated/α-hetero) is 1. The van der Waals surface area contributed by atoms with Crippen LogP contribution in [0.3, 0.4) is 0 Å². The first kappa shape index (κ1) is 38.3. The highest BCUT2D eigenvalue weighted by Crippen LogP contribution is 2.43. The number of phenols is 2. The lowest BCUT2D eigenvalue weighted by Crippen LogP contribution is -2.52. The summed E-state index contributed by atoms with van der Waals surface area (Å²) in [5.41, 5.74) is 1.91. The largest absolute Gasteiger partial charge is 0.508 e. The molecule has 0 spiro atoms. The third-order valence-corrected chi connectivity index (χ3v) is 11.7. The van der Waals surface area contributed by atoms with Crippen molar-refractivity contribution in [1.82, 2.24) is 5.32 Å². The monoisotopic (exact) mass is 749 g/mol. The number of carbonyl (C=O) groups excluding carboxylic acids is 3. The predicted octanol–water partition coefficient (Wildman–Crippen LogP) is 4.21. The van der Waals surface area contributed by atoms with E-state index in [2.05, 4.69) is 17.2 Å². The lowest BCUT2D eigenvalue weighted by atomic mass is 9.68. The first-order chi connectivity index (χ1) is 26.3. The second kappa shape index (κ2) is 15.6. The molecule has 288 valence electrons. The number of ketones is 1. The van der Waals surface area contributed by atoms with Gasteiger partial charge >= 0.3 is 11.9 Å². The van der Waals surface area contributed by atoms with Crippen molar-refractivity contribution in [2.75, 3.05) is 13.6 Å². The number of hydrogen-bond donors (Lipinski definition) is 6. The van der Waals surface area contributed by atoms with E-state index in [1.54, 1.807) is 26.1 Å². The molecule has 4 aliphatic rings. The van der Waals surface area contributed by atoms with E-state index in [1.165, 1.54) is 24.3 Å². The predicted molar refractivity (Wildman–Crippen MR) is 201 cm³/mol. The van der Waals surface area contributed by atoms with Gasteiger partial charge in [0, 0.05) is 54.8 Å². The van der Waals surface area contributed by atoms with E-state index < -0.39 is 53.6 Å². The number of esters is 2. The number of rotatable bonds is 4. The van der Waals surface area contributed by atoms with Gasteiger partial charge in [-0.25, -0.2) is 4.79 Å². The second-order valence-electron chi connectivity index (χ2n) is 15.7. The molecule has 0 amide bonds. The van der Waals surface area contributed by atoms with Gasteiger partial charge in [0.25, 0.3) is 0 Å². The highest BCUT2D eigenvalue weighted by atomic mass is 16.6. The average Bonchev–Trinajstić information content (AvgIpc) is 3.13. The van der Waals surface area contributed by atoms with E-state index in [4.69, 9.17) is 9.47 Å². The summed E-state index contributed by atoms with van der Waals surface area (Å²) in [4.78, 5) is 40.7. The molecule has 0 radical (unpaired) electrons. The highest BCUT2D eigenvalue weighted by molar-refractivity contribution is 5.89. The second-order valence-corrected chi connectivity index (χ2v) is 15.7. The molecule has 6 N–H and O–H groups in total. The number of aromatic hydroxyl groups is 2. The van der Waals surface area contributed by atoms with Crippen molar-refractivity contribution in [3.8, 4) is 29.1 Å². The van der Waals surface area contributed by atoms with Crippen LogP contribution in [-0.4, -0.2) is 74.7 Å². The third-order valence-electron chi connectivity index (χ3n) is 11.7. The van der Waals surface area contributed by atoms with Crippen LogP contribution in [0.25, 0.3) is 0 Å². The first-order valence-electron chi connectivity index (χ1n) is 18.9. The lowest BCUT2D eigenvalue weighted by molar-refractivity contribution is -0.170. The molecule has 7 rings (SSSR count). The van der Waals surface area contributed by atoms with Gasteiger partial charge in [-0.2, -0.15) is 0 Å². The zero-order valence-corrected chi connectivity index (χ0v) is 31.0. The normalized spacial score (nSPS) is 28.7. The average molecular weight is 750 g/mol. The molecule has 3 aliphatic heterocycles. The number of fused-ring (bicyclic) bond motifs is 8. The molecule has 3 heterocycles. The fourth-order valence-corrected chi connectivity index (χ4v) is 8.56. The molecule has 1 saturated carbocycles. The van der Waals surface area contributed by atoms with E-state index in [0.29, 0.717) is 41.5 Å². The van der Waals surface area contributed by atoms with Gasteiger partial charge in [-0.1, -0.05) is 42.2 Å². The maximum atomic E-state index is 14.6. The summed E-state index contributed by atoms with van der Waals surface area (Å²) in [6.07, 6.45) is -0.604. The zero-order chi connectivity index (χ0) is 39.0. The molecule has 0 aromatic heterocycles. The van der Waals surface area contributed by atoms with Crippen molar-refractivity contribution >= 4 is 17.7 Å². The number of hydrogen-bond acceptors (Lipinski definition) is 11. The van der Waals surface area contributed by atoms with E-state index in [9.17, 15) is 39.9 Å². The molecule has 8 unspecified atom stereocenters. The Bertz CT molecular complexity index is 2090. The summed E-state index contributed by atoms with van der Waals surface area (Å²) in [5.74, 6) is 2.72. The quantitative estimate of drug-likeness (QED) is 0.128. The van der Waals surface area contributed by atoms with Gasteiger partial charge in [0.05, 0.1) is 24.5 Å². The number of carbonyl (C=O) groups is 3. The fraction of sp³-hybridized carbons (Fsp3) is 0.432. The van der Waals surface area contributed by atoms with Crippen LogP contribution in [0.15, 0.2) is 66.2 Å². The minimum absolute atomic E-state index is 0.0647. The highest BCUT2D eigenvalue weighted by Gasteiger charge is 2.46. The molecule has 1 fully saturated rings. The summed E-state index contributed by atoms with van der Waals surface area (Å²) in [5, 5.41) is 59.9. The smallest absolute Gasteiger partial charge is 0.334 e. The van der Waals surface area contributed by atoms with E-state index in [0.717, 1.165) is 11.1 Å². The van der Waals surface area contributed by atoms with E-state index in [1.807, 2.05) is 24.3 Å². The summed E-state index contributed by atoms with van der Waals surface area (Å²) in [6.45, 7) is 1.81. The van der Waals surface area contributed by atoms with Gasteiger partial charge in [-0.3, -0.25) is 9.59 Å². The van der Waals surface area contributed by atoms with Crippen molar-refractivity contribution in [2.45, 2.75) is 94.0 Å². The number of aliphatic hydroxyl groups is 3. The SMILES string of the molecule is CNCC(O)c1cc(O)cc(C2C#CC3CC(=O)Oc4cc(O)c(cc43)CC3OC(=O)C(=CC(O)Cc4cccc(c4)CC4CC(CCC4=O)C3(C)O)C2)c1. The maximum Gasteiger partial charge on any atom is 0.334 e. The van der Waals surface area contributed by atoms with Gasteiger partial charge < -0.3 is 40.3 Å². The topological polar surface area (TPSA) is 183 Å². The van der Waals surface area contributed by atoms with E-state index >= 15 is 0 Å². The Balaban J connectivity index is 1.42. The first-order valence-corrected chi connectivity index (χ1v) is 18.9. The molecular formula is C44H47NO10. The molecule has 3 aromatic carbocycles. The van der Waals surface area contributed by atoms with Crippen LogP contribution in [0.4, 0.5) is 0 Å². The van der Waals surface area contributed by atoms with Gasteiger partial charge in [-0.05, 0) is 97.7 Å². The summed E-state index contributed by atoms with van der Waals surface area (Å²) in [6, 6.07) is 15.3. The minimum Gasteiger partial charge on any atom is -0.508 e. The summed E-state index contributed by atoms with van der Waals surface area (Å²) < 4.78 is 11.8. The Morgan fingerprint density at radius 1 is 0.945 bits per heavy atom. The van der Waals surface area contributed by atoms with Crippen LogP contribution in [0.5, 0.6) is 17.2 Å². The Morgan fingerprint density at radius 2 is 1.71 bits per heavy atom. The van der Waals surface area contributed by atoms with Gasteiger partial charge in [-0.15, -0.1) is 0 Å². The van der Waals surface area contributed by atoms with Crippen LogP contribution in [-0.2, 0) is 38.4 Å². The number of phenolic OH excluding ortho intramolecular Hbond substituents is 2. The summed E-state index contributed by atoms with van der Waals surface area (Å²) >= 11 is 0. The summed E-state index contributed by atoms with van der Waals surface area (Å²) in [7, 11) is 1.69. The fourth-order valence-electron chi connectivity index (χ4n) is 8.56. The Hall–Kier alpha value is -4.99. The number of benzene rings is 3. The van der Waals surface area contributed by atoms with Crippen molar-refractivity contribution in [3.63, 3.8) is 0 Å². The molecule has 1 aliphatic carbocycles. The van der Waals surface area contributed by atoms with Gasteiger partial charge in [0.15, 0.2) is 0 Å². The van der Waals surface area contributed by atoms with Crippen molar-refractivity contribution in [3.05, 3.63) is 99.6 Å². The molecule has 0 saturated heterocycles. The molecule has 3 aromatic rings. The molecule has 55 heavy (non-hydrogen) atoms. The van der Waals surface area contributed by atoms with Crippen LogP contribution < -0.4 is 10.1 Å². The molecule has 8 atom stereocenters. The van der Waals surface area contributed by atoms with Gasteiger partial charge in [0.2, 0.25) is 0 Å². The van der Waals surface area contributed by atoms with Crippen molar-refractivity contribution < 1.29 is 49.4 Å². The maximum absolute atomic E-state index is 14.6. The molecular weight excluding hydrogens is 702 g/mol. The van der Waals surface area contributed by atoms with Gasteiger partial charge in [0.1, 0.15) is 34.7 Å². The van der Waals surface area contributed by atoms with Crippen LogP contribution in [0, 0.1) is 23.7 Å².